The molecule has 1 fully saturated rings. The van der Waals surface area contributed by atoms with Crippen LogP contribution in [0.15, 0.2) is 54.6 Å². The SMILES string of the molecule is NNC(=O)c1ccc(N2CCN(Cc3ccccc3)CC2)cc1. The summed E-state index contributed by atoms with van der Waals surface area (Å²) < 4.78 is 0. The molecule has 2 aromatic carbocycles. The zero-order valence-electron chi connectivity index (χ0n) is 13.1. The van der Waals surface area contributed by atoms with Crippen molar-refractivity contribution in [2.45, 2.75) is 6.54 Å². The lowest BCUT2D eigenvalue weighted by molar-refractivity contribution is 0.0953. The number of hydrogen-bond acceptors (Lipinski definition) is 4. The van der Waals surface area contributed by atoms with E-state index in [2.05, 4.69) is 45.6 Å². The Morgan fingerprint density at radius 3 is 2.22 bits per heavy atom. The molecule has 0 spiro atoms. The van der Waals surface area contributed by atoms with Gasteiger partial charge in [0, 0.05) is 44.0 Å². The van der Waals surface area contributed by atoms with E-state index in [0.29, 0.717) is 5.56 Å². The molecule has 0 saturated carbocycles. The molecule has 5 heteroatoms. The molecule has 120 valence electrons. The Bertz CT molecular complexity index is 634. The molecule has 5 nitrogen and oxygen atoms in total. The van der Waals surface area contributed by atoms with E-state index in [1.54, 1.807) is 0 Å². The second-order valence-corrected chi connectivity index (χ2v) is 5.77. The summed E-state index contributed by atoms with van der Waals surface area (Å²) in [6.45, 7) is 5.08. The fourth-order valence-electron chi connectivity index (χ4n) is 2.91. The van der Waals surface area contributed by atoms with Crippen molar-refractivity contribution >= 4 is 11.6 Å². The number of hydrogen-bond donors (Lipinski definition) is 2. The molecule has 1 heterocycles. The number of nitrogens with one attached hydrogen (secondary N) is 1. The average molecular weight is 310 g/mol. The minimum Gasteiger partial charge on any atom is -0.369 e. The second-order valence-electron chi connectivity index (χ2n) is 5.77. The van der Waals surface area contributed by atoms with Gasteiger partial charge in [-0.15, -0.1) is 0 Å². The van der Waals surface area contributed by atoms with E-state index in [-0.39, 0.29) is 5.91 Å². The van der Waals surface area contributed by atoms with Gasteiger partial charge in [0.25, 0.3) is 5.91 Å². The largest absolute Gasteiger partial charge is 0.369 e. The molecule has 1 saturated heterocycles. The standard InChI is InChI=1S/C18H22N4O/c19-20-18(23)16-6-8-17(9-7-16)22-12-10-21(11-13-22)14-15-4-2-1-3-5-15/h1-9H,10-14,19H2,(H,20,23). The summed E-state index contributed by atoms with van der Waals surface area (Å²) in [4.78, 5) is 16.3. The summed E-state index contributed by atoms with van der Waals surface area (Å²) in [6.07, 6.45) is 0. The third kappa shape index (κ3) is 3.88. The lowest BCUT2D eigenvalue weighted by Gasteiger charge is -2.36. The van der Waals surface area contributed by atoms with Gasteiger partial charge in [-0.25, -0.2) is 5.84 Å². The van der Waals surface area contributed by atoms with Crippen LogP contribution in [0.25, 0.3) is 0 Å². The first-order valence-electron chi connectivity index (χ1n) is 7.88. The number of piperazine rings is 1. The molecular formula is C18H22N4O. The number of nitrogens with two attached hydrogens (primary N) is 1. The van der Waals surface area contributed by atoms with Crippen LogP contribution in [-0.4, -0.2) is 37.0 Å². The Morgan fingerprint density at radius 1 is 0.957 bits per heavy atom. The van der Waals surface area contributed by atoms with Crippen molar-refractivity contribution in [1.29, 1.82) is 0 Å². The summed E-state index contributed by atoms with van der Waals surface area (Å²) >= 11 is 0. The molecule has 2 aromatic rings. The number of anilines is 1. The highest BCUT2D eigenvalue weighted by molar-refractivity contribution is 5.94. The molecule has 0 aromatic heterocycles. The van der Waals surface area contributed by atoms with Crippen LogP contribution >= 0.6 is 0 Å². The number of carbonyl (C=O) groups excluding carboxylic acids is 1. The monoisotopic (exact) mass is 310 g/mol. The van der Waals surface area contributed by atoms with E-state index in [4.69, 9.17) is 5.84 Å². The minimum absolute atomic E-state index is 0.260. The van der Waals surface area contributed by atoms with Gasteiger partial charge in [0.05, 0.1) is 0 Å². The fourth-order valence-corrected chi connectivity index (χ4v) is 2.91. The van der Waals surface area contributed by atoms with E-state index in [0.717, 1.165) is 38.4 Å². The highest BCUT2D eigenvalue weighted by atomic mass is 16.2. The van der Waals surface area contributed by atoms with Gasteiger partial charge in [-0.05, 0) is 29.8 Å². The Balaban J connectivity index is 1.55. The Morgan fingerprint density at radius 2 is 1.61 bits per heavy atom. The van der Waals surface area contributed by atoms with Crippen molar-refractivity contribution in [2.75, 3.05) is 31.1 Å². The van der Waals surface area contributed by atoms with Crippen molar-refractivity contribution < 1.29 is 4.79 Å². The van der Waals surface area contributed by atoms with Crippen LogP contribution < -0.4 is 16.2 Å². The number of rotatable bonds is 4. The van der Waals surface area contributed by atoms with E-state index >= 15 is 0 Å². The van der Waals surface area contributed by atoms with Gasteiger partial charge < -0.3 is 4.90 Å². The molecular weight excluding hydrogens is 288 g/mol. The van der Waals surface area contributed by atoms with Crippen molar-refractivity contribution in [1.82, 2.24) is 10.3 Å². The molecule has 1 aliphatic rings. The molecule has 3 N–H and O–H groups in total. The van der Waals surface area contributed by atoms with Crippen molar-refractivity contribution in [3.63, 3.8) is 0 Å². The number of benzene rings is 2. The van der Waals surface area contributed by atoms with Gasteiger partial charge in [0.1, 0.15) is 0 Å². The molecule has 1 aliphatic heterocycles. The number of nitrogens with zero attached hydrogens (tertiary/aromatic N) is 2. The highest BCUT2D eigenvalue weighted by Gasteiger charge is 2.17. The van der Waals surface area contributed by atoms with Crippen molar-refractivity contribution in [3.8, 4) is 0 Å². The van der Waals surface area contributed by atoms with Crippen LogP contribution in [0.4, 0.5) is 5.69 Å². The van der Waals surface area contributed by atoms with Crippen molar-refractivity contribution in [2.24, 2.45) is 5.84 Å². The maximum Gasteiger partial charge on any atom is 0.265 e. The summed E-state index contributed by atoms with van der Waals surface area (Å²) in [5.74, 6) is 4.89. The molecule has 0 aliphatic carbocycles. The molecule has 1 amide bonds. The van der Waals surface area contributed by atoms with Gasteiger partial charge in [-0.2, -0.15) is 0 Å². The molecule has 0 radical (unpaired) electrons. The maximum absolute atomic E-state index is 11.5. The highest BCUT2D eigenvalue weighted by Crippen LogP contribution is 2.18. The summed E-state index contributed by atoms with van der Waals surface area (Å²) in [5, 5.41) is 0. The van der Waals surface area contributed by atoms with Crippen LogP contribution in [0.2, 0.25) is 0 Å². The van der Waals surface area contributed by atoms with Gasteiger partial charge in [-0.1, -0.05) is 30.3 Å². The van der Waals surface area contributed by atoms with Gasteiger partial charge in [0.15, 0.2) is 0 Å². The summed E-state index contributed by atoms with van der Waals surface area (Å²) in [7, 11) is 0. The predicted octanol–water partition coefficient (Wildman–Crippen LogP) is 1.61. The first-order chi connectivity index (χ1) is 11.3. The zero-order chi connectivity index (χ0) is 16.1. The van der Waals surface area contributed by atoms with E-state index in [9.17, 15) is 4.79 Å². The molecule has 3 rings (SSSR count). The third-order valence-electron chi connectivity index (χ3n) is 4.25. The fraction of sp³-hybridized carbons (Fsp3) is 0.278. The van der Waals surface area contributed by atoms with Gasteiger partial charge >= 0.3 is 0 Å². The quantitative estimate of drug-likeness (QED) is 0.512. The zero-order valence-corrected chi connectivity index (χ0v) is 13.1. The Labute approximate surface area is 136 Å². The van der Waals surface area contributed by atoms with Crippen LogP contribution in [0.5, 0.6) is 0 Å². The van der Waals surface area contributed by atoms with Crippen LogP contribution in [0, 0.1) is 0 Å². The summed E-state index contributed by atoms with van der Waals surface area (Å²) in [5.41, 5.74) is 5.24. The Hall–Kier alpha value is -2.37. The van der Waals surface area contributed by atoms with Gasteiger partial charge in [-0.3, -0.25) is 15.1 Å². The minimum atomic E-state index is -0.260. The van der Waals surface area contributed by atoms with E-state index in [1.807, 2.05) is 24.3 Å². The topological polar surface area (TPSA) is 61.6 Å². The normalized spacial score (nSPS) is 15.4. The van der Waals surface area contributed by atoms with Gasteiger partial charge in [0.2, 0.25) is 0 Å². The number of carbonyl (C=O) groups is 1. The number of hydrazine groups is 1. The molecule has 23 heavy (non-hydrogen) atoms. The first-order valence-corrected chi connectivity index (χ1v) is 7.88. The maximum atomic E-state index is 11.5. The third-order valence-corrected chi connectivity index (χ3v) is 4.25. The average Bonchev–Trinajstić information content (AvgIpc) is 2.63. The summed E-state index contributed by atoms with van der Waals surface area (Å²) in [6, 6.07) is 18.2. The lowest BCUT2D eigenvalue weighted by Crippen LogP contribution is -2.46. The molecule has 0 unspecified atom stereocenters. The lowest BCUT2D eigenvalue weighted by atomic mass is 10.1. The van der Waals surface area contributed by atoms with E-state index < -0.39 is 0 Å². The van der Waals surface area contributed by atoms with Crippen LogP contribution in [0.3, 0.4) is 0 Å². The van der Waals surface area contributed by atoms with Crippen LogP contribution in [0.1, 0.15) is 15.9 Å². The van der Waals surface area contributed by atoms with Crippen LogP contribution in [-0.2, 0) is 6.54 Å². The van der Waals surface area contributed by atoms with E-state index in [1.165, 1.54) is 5.56 Å². The molecule has 0 bridgehead atoms. The molecule has 0 atom stereocenters. The predicted molar refractivity (Wildman–Crippen MR) is 92.0 cm³/mol. The first kappa shape index (κ1) is 15.5. The number of amides is 1. The number of nitrogen functional groups attached to an aromatic ring is 1. The smallest absolute Gasteiger partial charge is 0.265 e. The van der Waals surface area contributed by atoms with Crippen molar-refractivity contribution in [3.05, 3.63) is 65.7 Å². The second kappa shape index (κ2) is 7.26. The Kier molecular flexibility index (Phi) is 4.90.